The number of anilines is 1. The number of hydrogen-bond donors (Lipinski definition) is 2. The number of aliphatic imine (C=N–C) groups is 1. The lowest BCUT2D eigenvalue weighted by molar-refractivity contribution is -0.384. The number of nitro groups is 1. The molecule has 0 bridgehead atoms. The van der Waals surface area contributed by atoms with Gasteiger partial charge in [0.25, 0.3) is 5.69 Å². The Kier molecular flexibility index (Phi) is 3.71. The minimum Gasteiger partial charge on any atom is -0.301 e. The Labute approximate surface area is 127 Å². The predicted octanol–water partition coefficient (Wildman–Crippen LogP) is 2.84. The van der Waals surface area contributed by atoms with E-state index in [-0.39, 0.29) is 5.69 Å². The summed E-state index contributed by atoms with van der Waals surface area (Å²) in [7, 11) is 0. The first-order valence-electron chi connectivity index (χ1n) is 6.91. The highest BCUT2D eigenvalue weighted by Gasteiger charge is 2.20. The second-order valence-corrected chi connectivity index (χ2v) is 4.72. The number of para-hydroxylation sites is 3. The van der Waals surface area contributed by atoms with Crippen molar-refractivity contribution in [1.29, 1.82) is 0 Å². The first-order valence-corrected chi connectivity index (χ1v) is 6.91. The molecule has 0 saturated carbocycles. The van der Waals surface area contributed by atoms with Gasteiger partial charge in [0.2, 0.25) is 0 Å². The van der Waals surface area contributed by atoms with Crippen molar-refractivity contribution in [2.24, 2.45) is 4.99 Å². The Hall–Kier alpha value is -2.93. The van der Waals surface area contributed by atoms with E-state index >= 15 is 0 Å². The molecule has 2 aromatic rings. The molecule has 3 rings (SSSR count). The molecule has 1 aliphatic rings. The van der Waals surface area contributed by atoms with Crippen LogP contribution in [0.15, 0.2) is 53.5 Å². The maximum atomic E-state index is 11.1. The number of hydrogen-bond acceptors (Lipinski definition) is 5. The summed E-state index contributed by atoms with van der Waals surface area (Å²) >= 11 is 0. The minimum absolute atomic E-state index is 0.0177. The number of nitrogens with zero attached hydrogens (tertiary/aromatic N) is 3. The third kappa shape index (κ3) is 2.61. The number of rotatable bonds is 3. The molecule has 0 fully saturated rings. The van der Waals surface area contributed by atoms with Gasteiger partial charge in [-0.1, -0.05) is 24.3 Å². The van der Waals surface area contributed by atoms with Crippen LogP contribution in [0.3, 0.4) is 0 Å². The fourth-order valence-corrected chi connectivity index (χ4v) is 2.23. The Morgan fingerprint density at radius 2 is 1.86 bits per heavy atom. The maximum Gasteiger partial charge on any atom is 0.294 e. The van der Waals surface area contributed by atoms with Crippen LogP contribution in [0, 0.1) is 10.1 Å². The molecule has 7 nitrogen and oxygen atoms in total. The number of fused-ring (bicyclic) bond motifs is 1. The van der Waals surface area contributed by atoms with E-state index in [9.17, 15) is 10.1 Å². The Morgan fingerprint density at radius 3 is 2.64 bits per heavy atom. The van der Waals surface area contributed by atoms with Crippen LogP contribution in [0.25, 0.3) is 0 Å². The second kappa shape index (κ2) is 5.82. The maximum absolute atomic E-state index is 11.1. The number of nitrogens with one attached hydrogen (secondary N) is 2. The standard InChI is InChI=1S/C15H15N5O2/c1-2-19-17-12-8-4-3-7-11(12)15(18-19)16-13-9-5-6-10-14(13)20(21)22/h3-10,17H,2H2,1H3,(H,16,18). The molecule has 2 aromatic carbocycles. The van der Waals surface area contributed by atoms with Gasteiger partial charge in [0.05, 0.1) is 10.6 Å². The van der Waals surface area contributed by atoms with Crippen molar-refractivity contribution < 1.29 is 4.92 Å². The number of hydrazine groups is 2. The summed E-state index contributed by atoms with van der Waals surface area (Å²) < 4.78 is 0. The number of benzene rings is 2. The van der Waals surface area contributed by atoms with Crippen LogP contribution in [0.5, 0.6) is 0 Å². The van der Waals surface area contributed by atoms with Gasteiger partial charge in [-0.2, -0.15) is 0 Å². The lowest BCUT2D eigenvalue weighted by Crippen LogP contribution is -2.49. The quantitative estimate of drug-likeness (QED) is 0.672. The lowest BCUT2D eigenvalue weighted by atomic mass is 10.1. The third-order valence-electron chi connectivity index (χ3n) is 3.31. The van der Waals surface area contributed by atoms with Crippen molar-refractivity contribution in [3.63, 3.8) is 0 Å². The van der Waals surface area contributed by atoms with Gasteiger partial charge < -0.3 is 5.43 Å². The minimum atomic E-state index is -0.427. The summed E-state index contributed by atoms with van der Waals surface area (Å²) in [6.07, 6.45) is 0. The van der Waals surface area contributed by atoms with E-state index in [1.807, 2.05) is 31.2 Å². The molecule has 2 N–H and O–H groups in total. The summed E-state index contributed by atoms with van der Waals surface area (Å²) in [6.45, 7) is 2.68. The molecule has 0 saturated heterocycles. The van der Waals surface area contributed by atoms with E-state index in [4.69, 9.17) is 0 Å². The Morgan fingerprint density at radius 1 is 1.14 bits per heavy atom. The summed E-state index contributed by atoms with van der Waals surface area (Å²) in [4.78, 5) is 15.2. The van der Waals surface area contributed by atoms with E-state index < -0.39 is 4.92 Å². The van der Waals surface area contributed by atoms with Crippen molar-refractivity contribution in [2.75, 3.05) is 12.0 Å². The molecule has 0 spiro atoms. The summed E-state index contributed by atoms with van der Waals surface area (Å²) in [6, 6.07) is 14.1. The van der Waals surface area contributed by atoms with Crippen LogP contribution in [-0.4, -0.2) is 22.4 Å². The average molecular weight is 297 g/mol. The molecule has 1 heterocycles. The summed E-state index contributed by atoms with van der Waals surface area (Å²) in [5, 5.41) is 12.9. The topological polar surface area (TPSA) is 82.8 Å². The van der Waals surface area contributed by atoms with Crippen LogP contribution < -0.4 is 10.9 Å². The fraction of sp³-hybridized carbons (Fsp3) is 0.133. The van der Waals surface area contributed by atoms with Gasteiger partial charge in [-0.3, -0.25) is 15.5 Å². The highest BCUT2D eigenvalue weighted by molar-refractivity contribution is 6.05. The average Bonchev–Trinajstić information content (AvgIpc) is 2.55. The van der Waals surface area contributed by atoms with Crippen LogP contribution in [0.2, 0.25) is 0 Å². The van der Waals surface area contributed by atoms with E-state index in [1.165, 1.54) is 6.07 Å². The van der Waals surface area contributed by atoms with Gasteiger partial charge in [0.1, 0.15) is 5.69 Å². The molecule has 7 heteroatoms. The third-order valence-corrected chi connectivity index (χ3v) is 3.31. The van der Waals surface area contributed by atoms with Gasteiger partial charge in [-0.15, -0.1) is 5.12 Å². The molecule has 0 aromatic heterocycles. The van der Waals surface area contributed by atoms with E-state index in [2.05, 4.69) is 15.8 Å². The van der Waals surface area contributed by atoms with Crippen LogP contribution >= 0.6 is 0 Å². The zero-order chi connectivity index (χ0) is 15.5. The van der Waals surface area contributed by atoms with Crippen molar-refractivity contribution in [2.45, 2.75) is 6.92 Å². The van der Waals surface area contributed by atoms with E-state index in [1.54, 1.807) is 23.3 Å². The molecule has 22 heavy (non-hydrogen) atoms. The molecule has 0 aliphatic carbocycles. The van der Waals surface area contributed by atoms with Gasteiger partial charge in [0, 0.05) is 18.2 Å². The van der Waals surface area contributed by atoms with Gasteiger partial charge in [-0.05, 0) is 25.1 Å². The smallest absolute Gasteiger partial charge is 0.294 e. The zero-order valence-corrected chi connectivity index (χ0v) is 12.0. The molecule has 0 radical (unpaired) electrons. The van der Waals surface area contributed by atoms with Gasteiger partial charge >= 0.3 is 0 Å². The number of nitro benzene ring substituents is 1. The van der Waals surface area contributed by atoms with Crippen LogP contribution in [-0.2, 0) is 0 Å². The first kappa shape index (κ1) is 14.0. The lowest BCUT2D eigenvalue weighted by Gasteiger charge is -2.31. The van der Waals surface area contributed by atoms with Gasteiger partial charge in [0.15, 0.2) is 5.84 Å². The Bertz CT molecular complexity index is 744. The monoisotopic (exact) mass is 297 g/mol. The van der Waals surface area contributed by atoms with E-state index in [0.717, 1.165) is 11.3 Å². The fourth-order valence-electron chi connectivity index (χ4n) is 2.23. The molecule has 0 atom stereocenters. The summed E-state index contributed by atoms with van der Waals surface area (Å²) in [5.74, 6) is 0.575. The molecular weight excluding hydrogens is 282 g/mol. The molecular formula is C15H15N5O2. The van der Waals surface area contributed by atoms with Crippen molar-refractivity contribution in [1.82, 2.24) is 10.5 Å². The highest BCUT2D eigenvalue weighted by Crippen LogP contribution is 2.28. The zero-order valence-electron chi connectivity index (χ0n) is 12.0. The first-order chi connectivity index (χ1) is 10.7. The SMILES string of the molecule is CCN1NC(=Nc2ccccc2[N+](=O)[O-])c2ccccc2N1. The van der Waals surface area contributed by atoms with Crippen molar-refractivity contribution in [3.05, 3.63) is 64.2 Å². The summed E-state index contributed by atoms with van der Waals surface area (Å²) in [5.41, 5.74) is 8.40. The molecule has 0 unspecified atom stereocenters. The normalized spacial score (nSPS) is 15.8. The van der Waals surface area contributed by atoms with Crippen LogP contribution in [0.1, 0.15) is 12.5 Å². The van der Waals surface area contributed by atoms with Crippen molar-refractivity contribution >= 4 is 22.9 Å². The highest BCUT2D eigenvalue weighted by atomic mass is 16.6. The molecule has 0 amide bonds. The van der Waals surface area contributed by atoms with Crippen molar-refractivity contribution in [3.8, 4) is 0 Å². The molecule has 112 valence electrons. The number of amidine groups is 1. The van der Waals surface area contributed by atoms with E-state index in [0.29, 0.717) is 18.1 Å². The largest absolute Gasteiger partial charge is 0.301 e. The van der Waals surface area contributed by atoms with Gasteiger partial charge in [-0.25, -0.2) is 4.99 Å². The second-order valence-electron chi connectivity index (χ2n) is 4.72. The molecule has 1 aliphatic heterocycles. The van der Waals surface area contributed by atoms with Crippen LogP contribution in [0.4, 0.5) is 17.1 Å². The predicted molar refractivity (Wildman–Crippen MR) is 84.9 cm³/mol. The Balaban J connectivity index is 2.09.